The molecule has 0 aliphatic carbocycles. The Hall–Kier alpha value is -2.70. The van der Waals surface area contributed by atoms with Crippen LogP contribution in [0, 0.1) is 0 Å². The molecular weight excluding hydrogens is 368 g/mol. The summed E-state index contributed by atoms with van der Waals surface area (Å²) in [6, 6.07) is 12.3. The number of pyridine rings is 1. The first-order valence-corrected chi connectivity index (χ1v) is 8.62. The first-order valence-electron chi connectivity index (χ1n) is 8.24. The van der Waals surface area contributed by atoms with Gasteiger partial charge < -0.3 is 15.1 Å². The standard InChI is InChI=1S/C16H19ClN2.C4H4O4/c1-19(2)11-9-14-15(17)8-10-18-16(14)12-13-6-4-3-5-7-13;5-3(6)1-2-4(7)8/h3-8,10H,9,11-12H2,1-2H3;1-2H,(H,5,6)(H,7,8). The van der Waals surface area contributed by atoms with Crippen LogP contribution in [0.25, 0.3) is 0 Å². The quantitative estimate of drug-likeness (QED) is 0.706. The van der Waals surface area contributed by atoms with Gasteiger partial charge in [-0.15, -0.1) is 0 Å². The van der Waals surface area contributed by atoms with E-state index in [9.17, 15) is 9.59 Å². The van der Waals surface area contributed by atoms with E-state index in [0.29, 0.717) is 12.2 Å². The molecule has 0 unspecified atom stereocenters. The lowest BCUT2D eigenvalue weighted by Gasteiger charge is -2.13. The van der Waals surface area contributed by atoms with Gasteiger partial charge in [0.25, 0.3) is 0 Å². The van der Waals surface area contributed by atoms with Gasteiger partial charge in [-0.2, -0.15) is 0 Å². The molecule has 0 fully saturated rings. The van der Waals surface area contributed by atoms with Crippen LogP contribution in [-0.2, 0) is 22.4 Å². The molecule has 6 nitrogen and oxygen atoms in total. The van der Waals surface area contributed by atoms with Crippen LogP contribution < -0.4 is 0 Å². The van der Waals surface area contributed by atoms with Gasteiger partial charge >= 0.3 is 11.9 Å². The van der Waals surface area contributed by atoms with Crippen LogP contribution in [0.4, 0.5) is 0 Å². The Morgan fingerprint density at radius 2 is 1.67 bits per heavy atom. The number of carboxylic acids is 2. The minimum absolute atomic E-state index is 0.558. The topological polar surface area (TPSA) is 90.7 Å². The summed E-state index contributed by atoms with van der Waals surface area (Å²) in [5, 5.41) is 16.4. The summed E-state index contributed by atoms with van der Waals surface area (Å²) in [5.74, 6) is -2.51. The zero-order valence-electron chi connectivity index (χ0n) is 15.3. The lowest BCUT2D eigenvalue weighted by molar-refractivity contribution is -0.134. The number of halogens is 1. The van der Waals surface area contributed by atoms with E-state index in [0.717, 1.165) is 30.1 Å². The molecule has 0 aliphatic rings. The Bertz CT molecular complexity index is 761. The van der Waals surface area contributed by atoms with Crippen LogP contribution >= 0.6 is 11.6 Å². The van der Waals surface area contributed by atoms with Crippen molar-refractivity contribution < 1.29 is 19.8 Å². The van der Waals surface area contributed by atoms with E-state index in [1.807, 2.05) is 12.1 Å². The van der Waals surface area contributed by atoms with Crippen molar-refractivity contribution in [3.05, 3.63) is 76.6 Å². The number of nitrogens with zero attached hydrogens (tertiary/aromatic N) is 2. The van der Waals surface area contributed by atoms with Gasteiger partial charge in [0.1, 0.15) is 0 Å². The van der Waals surface area contributed by atoms with Crippen molar-refractivity contribution in [1.82, 2.24) is 9.88 Å². The summed E-state index contributed by atoms with van der Waals surface area (Å²) in [4.78, 5) is 25.8. The highest BCUT2D eigenvalue weighted by Crippen LogP contribution is 2.21. The normalized spacial score (nSPS) is 10.5. The number of hydrogen-bond acceptors (Lipinski definition) is 4. The predicted molar refractivity (Wildman–Crippen MR) is 105 cm³/mol. The van der Waals surface area contributed by atoms with E-state index in [4.69, 9.17) is 21.8 Å². The van der Waals surface area contributed by atoms with Crippen molar-refractivity contribution >= 4 is 23.5 Å². The molecule has 2 N–H and O–H groups in total. The van der Waals surface area contributed by atoms with E-state index in [1.165, 1.54) is 11.1 Å². The molecule has 144 valence electrons. The van der Waals surface area contributed by atoms with Crippen LogP contribution in [0.1, 0.15) is 16.8 Å². The molecule has 0 bridgehead atoms. The highest BCUT2D eigenvalue weighted by Gasteiger charge is 2.09. The molecule has 0 aliphatic heterocycles. The molecule has 2 rings (SSSR count). The second-order valence-electron chi connectivity index (χ2n) is 5.94. The van der Waals surface area contributed by atoms with Gasteiger partial charge in [0.15, 0.2) is 0 Å². The lowest BCUT2D eigenvalue weighted by atomic mass is 10.0. The number of aliphatic carboxylic acids is 2. The minimum Gasteiger partial charge on any atom is -0.478 e. The van der Waals surface area contributed by atoms with E-state index in [1.54, 1.807) is 6.20 Å². The van der Waals surface area contributed by atoms with Crippen molar-refractivity contribution in [2.45, 2.75) is 12.8 Å². The molecule has 7 heteroatoms. The van der Waals surface area contributed by atoms with Crippen molar-refractivity contribution in [1.29, 1.82) is 0 Å². The van der Waals surface area contributed by atoms with Crippen LogP contribution in [0.2, 0.25) is 5.02 Å². The third kappa shape index (κ3) is 9.53. The number of likely N-dealkylation sites (N-methyl/N-ethyl adjacent to an activating group) is 1. The number of rotatable bonds is 7. The zero-order chi connectivity index (χ0) is 20.2. The van der Waals surface area contributed by atoms with Gasteiger partial charge in [-0.3, -0.25) is 4.98 Å². The molecule has 0 saturated heterocycles. The molecule has 1 heterocycles. The molecule has 0 spiro atoms. The molecule has 0 atom stereocenters. The molecule has 0 radical (unpaired) electrons. The Kier molecular flexibility index (Phi) is 9.79. The van der Waals surface area contributed by atoms with Gasteiger partial charge in [0.2, 0.25) is 0 Å². The molecule has 1 aromatic carbocycles. The van der Waals surface area contributed by atoms with E-state index in [-0.39, 0.29) is 0 Å². The number of benzene rings is 1. The van der Waals surface area contributed by atoms with E-state index < -0.39 is 11.9 Å². The zero-order valence-corrected chi connectivity index (χ0v) is 16.1. The lowest BCUT2D eigenvalue weighted by Crippen LogP contribution is -2.16. The maximum atomic E-state index is 9.55. The SMILES string of the molecule is CN(C)CCc1c(Cl)ccnc1Cc1ccccc1.O=C(O)C=CC(=O)O. The molecule has 2 aromatic rings. The molecule has 0 saturated carbocycles. The first-order chi connectivity index (χ1) is 12.8. The number of carbonyl (C=O) groups is 2. The second kappa shape index (κ2) is 11.8. The Morgan fingerprint density at radius 1 is 1.07 bits per heavy atom. The minimum atomic E-state index is -1.26. The summed E-state index contributed by atoms with van der Waals surface area (Å²) in [6.07, 6.45) is 4.68. The maximum absolute atomic E-state index is 9.55. The van der Waals surface area contributed by atoms with Gasteiger partial charge in [0.05, 0.1) is 0 Å². The highest BCUT2D eigenvalue weighted by atomic mass is 35.5. The predicted octanol–water partition coefficient (Wildman–Crippen LogP) is 3.14. The fourth-order valence-corrected chi connectivity index (χ4v) is 2.45. The molecule has 0 amide bonds. The fourth-order valence-electron chi connectivity index (χ4n) is 2.19. The Labute approximate surface area is 163 Å². The number of carboxylic acid groups (broad SMARTS) is 2. The number of aromatic nitrogens is 1. The highest BCUT2D eigenvalue weighted by molar-refractivity contribution is 6.31. The second-order valence-corrected chi connectivity index (χ2v) is 6.35. The third-order valence-electron chi connectivity index (χ3n) is 3.48. The van der Waals surface area contributed by atoms with Gasteiger partial charge in [0, 0.05) is 42.0 Å². The van der Waals surface area contributed by atoms with Gasteiger partial charge in [-0.1, -0.05) is 41.9 Å². The summed E-state index contributed by atoms with van der Waals surface area (Å²) < 4.78 is 0. The van der Waals surface area contributed by atoms with E-state index >= 15 is 0 Å². The molecule has 1 aromatic heterocycles. The van der Waals surface area contributed by atoms with E-state index in [2.05, 4.69) is 48.2 Å². The average molecular weight is 391 g/mol. The van der Waals surface area contributed by atoms with Gasteiger partial charge in [-0.25, -0.2) is 9.59 Å². The summed E-state index contributed by atoms with van der Waals surface area (Å²) in [6.45, 7) is 0.979. The Balaban J connectivity index is 0.000000387. The third-order valence-corrected chi connectivity index (χ3v) is 3.83. The van der Waals surface area contributed by atoms with Crippen LogP contribution in [-0.4, -0.2) is 52.7 Å². The summed E-state index contributed by atoms with van der Waals surface area (Å²) in [7, 11) is 4.14. The van der Waals surface area contributed by atoms with Crippen molar-refractivity contribution in [2.24, 2.45) is 0 Å². The van der Waals surface area contributed by atoms with Crippen LogP contribution in [0.5, 0.6) is 0 Å². The molecular formula is C20H23ClN2O4. The average Bonchev–Trinajstić information content (AvgIpc) is 2.61. The number of hydrogen-bond donors (Lipinski definition) is 2. The van der Waals surface area contributed by atoms with Crippen molar-refractivity contribution in [3.8, 4) is 0 Å². The molecule has 27 heavy (non-hydrogen) atoms. The Morgan fingerprint density at radius 3 is 2.19 bits per heavy atom. The van der Waals surface area contributed by atoms with Gasteiger partial charge in [-0.05, 0) is 37.7 Å². The monoisotopic (exact) mass is 390 g/mol. The fraction of sp³-hybridized carbons (Fsp3) is 0.250. The summed E-state index contributed by atoms with van der Waals surface area (Å²) in [5.41, 5.74) is 3.52. The summed E-state index contributed by atoms with van der Waals surface area (Å²) >= 11 is 6.32. The van der Waals surface area contributed by atoms with Crippen molar-refractivity contribution in [3.63, 3.8) is 0 Å². The first kappa shape index (κ1) is 22.3. The smallest absolute Gasteiger partial charge is 0.328 e. The van der Waals surface area contributed by atoms with Crippen molar-refractivity contribution in [2.75, 3.05) is 20.6 Å². The maximum Gasteiger partial charge on any atom is 0.328 e. The van der Waals surface area contributed by atoms with Crippen LogP contribution in [0.3, 0.4) is 0 Å². The largest absolute Gasteiger partial charge is 0.478 e. The van der Waals surface area contributed by atoms with Crippen LogP contribution in [0.15, 0.2) is 54.7 Å².